The molecule has 1 aliphatic heterocycles. The third kappa shape index (κ3) is 2.58. The molecular weight excluding hydrogens is 203 g/mol. The molecule has 0 radical (unpaired) electrons. The third-order valence-corrected chi connectivity index (χ3v) is 2.45. The van der Waals surface area contributed by atoms with Gasteiger partial charge < -0.3 is 4.52 Å². The average Bonchev–Trinajstić information content (AvgIpc) is 2.19. The minimum absolute atomic E-state index is 0.129. The standard InChI is InChI=1S/C7H7O4P.C2H6/c8-12(9)10-5-6-3-1-2-4-7(6)11-12;1-2/h1-4H,5H2,(H,8,9);1-2H3. The predicted molar refractivity (Wildman–Crippen MR) is 53.0 cm³/mol. The number of rotatable bonds is 0. The minimum atomic E-state index is -3.82. The highest BCUT2D eigenvalue weighted by molar-refractivity contribution is 7.47. The number of phosphoric acid groups is 1. The molecule has 1 aromatic carbocycles. The maximum Gasteiger partial charge on any atom is 0.527 e. The largest absolute Gasteiger partial charge is 0.527 e. The molecule has 0 spiro atoms. The first kappa shape index (κ1) is 11.2. The van der Waals surface area contributed by atoms with Crippen molar-refractivity contribution >= 4 is 7.82 Å². The number of hydrogen-bond acceptors (Lipinski definition) is 3. The highest BCUT2D eigenvalue weighted by Gasteiger charge is 2.28. The Balaban J connectivity index is 0.000000461. The lowest BCUT2D eigenvalue weighted by Gasteiger charge is -2.20. The van der Waals surface area contributed by atoms with E-state index in [4.69, 9.17) is 9.42 Å². The molecule has 0 aliphatic carbocycles. The molecule has 1 unspecified atom stereocenters. The molecular formula is C9H13O4P. The van der Waals surface area contributed by atoms with Crippen LogP contribution in [0.25, 0.3) is 0 Å². The highest BCUT2D eigenvalue weighted by Crippen LogP contribution is 2.49. The van der Waals surface area contributed by atoms with Crippen molar-refractivity contribution in [3.05, 3.63) is 29.8 Å². The summed E-state index contributed by atoms with van der Waals surface area (Å²) in [6.07, 6.45) is 0. The van der Waals surface area contributed by atoms with E-state index in [1.54, 1.807) is 18.2 Å². The maximum absolute atomic E-state index is 10.9. The molecule has 1 atom stereocenters. The summed E-state index contributed by atoms with van der Waals surface area (Å²) in [5.74, 6) is 0.426. The Labute approximate surface area is 83.1 Å². The van der Waals surface area contributed by atoms with Gasteiger partial charge in [0.2, 0.25) is 0 Å². The Morgan fingerprint density at radius 2 is 2.00 bits per heavy atom. The zero-order valence-electron chi connectivity index (χ0n) is 8.14. The Morgan fingerprint density at radius 3 is 2.71 bits per heavy atom. The van der Waals surface area contributed by atoms with E-state index in [0.29, 0.717) is 5.75 Å². The number of hydrogen-bond donors (Lipinski definition) is 1. The molecule has 0 amide bonds. The van der Waals surface area contributed by atoms with Crippen LogP contribution >= 0.6 is 7.82 Å². The van der Waals surface area contributed by atoms with E-state index in [0.717, 1.165) is 5.56 Å². The Morgan fingerprint density at radius 1 is 1.36 bits per heavy atom. The van der Waals surface area contributed by atoms with Crippen LogP contribution in [0.2, 0.25) is 0 Å². The summed E-state index contributed by atoms with van der Waals surface area (Å²) >= 11 is 0. The van der Waals surface area contributed by atoms with Gasteiger partial charge in [-0.3, -0.25) is 9.42 Å². The van der Waals surface area contributed by atoms with Gasteiger partial charge in [-0.15, -0.1) is 0 Å². The summed E-state index contributed by atoms with van der Waals surface area (Å²) in [4.78, 5) is 8.93. The van der Waals surface area contributed by atoms with Crippen LogP contribution in [0, 0.1) is 0 Å². The molecule has 1 N–H and O–H groups in total. The number of para-hydroxylation sites is 1. The summed E-state index contributed by atoms with van der Waals surface area (Å²) in [7, 11) is -3.82. The van der Waals surface area contributed by atoms with Crippen LogP contribution < -0.4 is 4.52 Å². The molecule has 0 saturated heterocycles. The maximum atomic E-state index is 10.9. The molecule has 2 rings (SSSR count). The molecule has 1 heterocycles. The molecule has 0 saturated carbocycles. The van der Waals surface area contributed by atoms with Crippen LogP contribution in [0.4, 0.5) is 0 Å². The second-order valence-electron chi connectivity index (χ2n) is 2.44. The minimum Gasteiger partial charge on any atom is -0.404 e. The van der Waals surface area contributed by atoms with E-state index in [1.807, 2.05) is 19.9 Å². The lowest BCUT2D eigenvalue weighted by atomic mass is 10.2. The van der Waals surface area contributed by atoms with Gasteiger partial charge in [-0.05, 0) is 6.07 Å². The molecule has 1 aromatic rings. The quantitative estimate of drug-likeness (QED) is 0.677. The number of phosphoric ester groups is 1. The fourth-order valence-corrected chi connectivity index (χ4v) is 1.80. The molecule has 0 bridgehead atoms. The van der Waals surface area contributed by atoms with Crippen LogP contribution in [0.5, 0.6) is 5.75 Å². The molecule has 4 nitrogen and oxygen atoms in total. The van der Waals surface area contributed by atoms with Crippen molar-refractivity contribution in [3.8, 4) is 5.75 Å². The van der Waals surface area contributed by atoms with E-state index < -0.39 is 7.82 Å². The van der Waals surface area contributed by atoms with Gasteiger partial charge in [0, 0.05) is 5.56 Å². The van der Waals surface area contributed by atoms with Crippen molar-refractivity contribution in [2.24, 2.45) is 0 Å². The second kappa shape index (κ2) is 4.60. The first-order valence-corrected chi connectivity index (χ1v) is 5.92. The first-order valence-electron chi connectivity index (χ1n) is 4.42. The zero-order chi connectivity index (χ0) is 10.6. The summed E-state index contributed by atoms with van der Waals surface area (Å²) in [6.45, 7) is 4.13. The fourth-order valence-electron chi connectivity index (χ4n) is 1.01. The molecule has 78 valence electrons. The van der Waals surface area contributed by atoms with E-state index >= 15 is 0 Å². The smallest absolute Gasteiger partial charge is 0.404 e. The van der Waals surface area contributed by atoms with E-state index in [1.165, 1.54) is 0 Å². The van der Waals surface area contributed by atoms with E-state index in [9.17, 15) is 4.57 Å². The monoisotopic (exact) mass is 216 g/mol. The van der Waals surface area contributed by atoms with Gasteiger partial charge in [0.25, 0.3) is 0 Å². The van der Waals surface area contributed by atoms with Crippen molar-refractivity contribution in [2.75, 3.05) is 0 Å². The molecule has 0 aromatic heterocycles. The number of benzene rings is 1. The Bertz CT molecular complexity index is 350. The van der Waals surface area contributed by atoms with Crippen molar-refractivity contribution < 1.29 is 18.5 Å². The van der Waals surface area contributed by atoms with Gasteiger partial charge in [0.15, 0.2) is 0 Å². The van der Waals surface area contributed by atoms with Crippen LogP contribution in [0.1, 0.15) is 19.4 Å². The molecule has 0 fully saturated rings. The van der Waals surface area contributed by atoms with Crippen molar-refractivity contribution in [2.45, 2.75) is 20.5 Å². The third-order valence-electron chi connectivity index (χ3n) is 1.57. The number of fused-ring (bicyclic) bond motifs is 1. The highest BCUT2D eigenvalue weighted by atomic mass is 31.2. The summed E-state index contributed by atoms with van der Waals surface area (Å²) in [5, 5.41) is 0. The average molecular weight is 216 g/mol. The predicted octanol–water partition coefficient (Wildman–Crippen LogP) is 2.72. The van der Waals surface area contributed by atoms with Gasteiger partial charge in [-0.2, -0.15) is 0 Å². The van der Waals surface area contributed by atoms with Crippen molar-refractivity contribution in [1.82, 2.24) is 0 Å². The van der Waals surface area contributed by atoms with Gasteiger partial charge in [-0.1, -0.05) is 32.0 Å². The lowest BCUT2D eigenvalue weighted by Crippen LogP contribution is -2.05. The first-order chi connectivity index (χ1) is 6.67. The van der Waals surface area contributed by atoms with Gasteiger partial charge in [0.1, 0.15) is 5.75 Å². The molecule has 1 aliphatic rings. The van der Waals surface area contributed by atoms with Gasteiger partial charge in [0.05, 0.1) is 6.61 Å². The van der Waals surface area contributed by atoms with Crippen molar-refractivity contribution in [3.63, 3.8) is 0 Å². The van der Waals surface area contributed by atoms with E-state index in [-0.39, 0.29) is 6.61 Å². The zero-order valence-corrected chi connectivity index (χ0v) is 9.03. The molecule has 14 heavy (non-hydrogen) atoms. The topological polar surface area (TPSA) is 55.8 Å². The van der Waals surface area contributed by atoms with Gasteiger partial charge in [-0.25, -0.2) is 4.57 Å². The van der Waals surface area contributed by atoms with Crippen LogP contribution in [0.15, 0.2) is 24.3 Å². The van der Waals surface area contributed by atoms with Crippen LogP contribution in [0.3, 0.4) is 0 Å². The SMILES string of the molecule is CC.O=P1(O)OCc2ccccc2O1. The van der Waals surface area contributed by atoms with Crippen LogP contribution in [-0.4, -0.2) is 4.89 Å². The normalized spacial score (nSPS) is 23.9. The van der Waals surface area contributed by atoms with Crippen molar-refractivity contribution in [1.29, 1.82) is 0 Å². The Kier molecular flexibility index (Phi) is 3.69. The lowest BCUT2D eigenvalue weighted by molar-refractivity contribution is 0.176. The summed E-state index contributed by atoms with van der Waals surface area (Å²) in [6, 6.07) is 6.98. The Hall–Kier alpha value is -0.830. The van der Waals surface area contributed by atoms with Crippen LogP contribution in [-0.2, 0) is 15.7 Å². The summed E-state index contributed by atoms with van der Waals surface area (Å²) < 4.78 is 20.2. The fraction of sp³-hybridized carbons (Fsp3) is 0.333. The second-order valence-corrected chi connectivity index (χ2v) is 3.82. The molecule has 5 heteroatoms. The van der Waals surface area contributed by atoms with E-state index in [2.05, 4.69) is 4.52 Å². The van der Waals surface area contributed by atoms with Gasteiger partial charge >= 0.3 is 7.82 Å². The summed E-state index contributed by atoms with van der Waals surface area (Å²) in [5.41, 5.74) is 0.790.